The zero-order chi connectivity index (χ0) is 13.4. The highest BCUT2D eigenvalue weighted by atomic mass is 31.2. The minimum absolute atomic E-state index is 0.219. The van der Waals surface area contributed by atoms with Crippen LogP contribution < -0.4 is 4.74 Å². The molecule has 1 unspecified atom stereocenters. The number of rotatable bonds is 2. The normalized spacial score (nSPS) is 25.7. The van der Waals surface area contributed by atoms with Gasteiger partial charge in [0.15, 0.2) is 0 Å². The Bertz CT molecular complexity index is 432. The highest BCUT2D eigenvalue weighted by molar-refractivity contribution is 7.54. The molecule has 0 radical (unpaired) electrons. The number of hydrogen-bond acceptors (Lipinski definition) is 5. The Labute approximate surface area is 107 Å². The summed E-state index contributed by atoms with van der Waals surface area (Å²) in [6.07, 6.45) is -0.481. The summed E-state index contributed by atoms with van der Waals surface area (Å²) in [4.78, 5) is 19.2. The Morgan fingerprint density at radius 1 is 1.33 bits per heavy atom. The second-order valence-electron chi connectivity index (χ2n) is 4.98. The van der Waals surface area contributed by atoms with E-state index in [9.17, 15) is 9.79 Å². The van der Waals surface area contributed by atoms with Crippen molar-refractivity contribution in [1.29, 1.82) is 0 Å². The molecule has 1 fully saturated rings. The van der Waals surface area contributed by atoms with Crippen molar-refractivity contribution in [2.75, 3.05) is 13.7 Å². The maximum Gasteiger partial charge on any atom is 0.570 e. The van der Waals surface area contributed by atoms with E-state index in [1.807, 2.05) is 38.1 Å². The molecule has 100 valence electrons. The number of ether oxygens (including phenoxy) is 1. The fraction of sp³-hybridized carbons (Fsp3) is 0.500. The van der Waals surface area contributed by atoms with Crippen molar-refractivity contribution in [1.82, 2.24) is 0 Å². The molecule has 1 aromatic rings. The van der Waals surface area contributed by atoms with E-state index in [-0.39, 0.29) is 12.0 Å². The molecule has 1 heterocycles. The van der Waals surface area contributed by atoms with Crippen molar-refractivity contribution in [3.63, 3.8) is 0 Å². The Kier molecular flexibility index (Phi) is 3.63. The van der Waals surface area contributed by atoms with Gasteiger partial charge in [0.05, 0.1) is 7.11 Å². The van der Waals surface area contributed by atoms with Crippen molar-refractivity contribution in [3.05, 3.63) is 29.8 Å². The van der Waals surface area contributed by atoms with Crippen molar-refractivity contribution in [2.45, 2.75) is 20.0 Å². The summed E-state index contributed by atoms with van der Waals surface area (Å²) < 4.78 is 15.6. The summed E-state index contributed by atoms with van der Waals surface area (Å²) in [5.74, 6) is 0.664. The van der Waals surface area contributed by atoms with E-state index in [4.69, 9.17) is 13.8 Å². The van der Waals surface area contributed by atoms with Crippen LogP contribution in [0.5, 0.6) is 5.75 Å². The summed E-state index contributed by atoms with van der Waals surface area (Å²) >= 11 is 0. The molecule has 0 aromatic heterocycles. The second kappa shape index (κ2) is 4.76. The highest BCUT2D eigenvalue weighted by Gasteiger charge is 2.55. The lowest BCUT2D eigenvalue weighted by Gasteiger charge is -2.36. The number of benzene rings is 1. The van der Waals surface area contributed by atoms with Crippen LogP contribution in [0, 0.1) is 5.41 Å². The molecule has 1 saturated heterocycles. The Balaban J connectivity index is 2.39. The van der Waals surface area contributed by atoms with Crippen molar-refractivity contribution in [3.8, 4) is 5.75 Å². The highest BCUT2D eigenvalue weighted by Crippen LogP contribution is 2.64. The third-order valence-electron chi connectivity index (χ3n) is 2.98. The average Bonchev–Trinajstić information content (AvgIpc) is 2.33. The van der Waals surface area contributed by atoms with Crippen LogP contribution in [0.2, 0.25) is 0 Å². The molecule has 5 nitrogen and oxygen atoms in total. The first kappa shape index (κ1) is 13.7. The largest absolute Gasteiger partial charge is 0.570 e. The standard InChI is InChI=1S/C12H18O5P/c1-12(2)8-16-18(13,14)17-11(12)9-6-4-5-7-10(9)15-3/h4-7,11,13-14H,8H2,1-3H3/q+1. The molecule has 0 aliphatic carbocycles. The fourth-order valence-corrected chi connectivity index (χ4v) is 3.23. The molecular formula is C12H18O5P+. The summed E-state index contributed by atoms with van der Waals surface area (Å²) in [6, 6.07) is 7.40. The van der Waals surface area contributed by atoms with Crippen LogP contribution in [0.3, 0.4) is 0 Å². The third kappa shape index (κ3) is 2.66. The third-order valence-corrected chi connectivity index (χ3v) is 3.93. The SMILES string of the molecule is COc1ccccc1C1O[P+](O)(O)OCC1(C)C. The van der Waals surface area contributed by atoms with Gasteiger partial charge < -0.3 is 4.74 Å². The van der Waals surface area contributed by atoms with Crippen LogP contribution in [0.4, 0.5) is 0 Å². The van der Waals surface area contributed by atoms with E-state index in [1.165, 1.54) is 0 Å². The summed E-state index contributed by atoms with van der Waals surface area (Å²) in [6.45, 7) is 4.11. The van der Waals surface area contributed by atoms with Crippen molar-refractivity contribution in [2.24, 2.45) is 5.41 Å². The van der Waals surface area contributed by atoms with Crippen LogP contribution >= 0.6 is 8.17 Å². The smallest absolute Gasteiger partial charge is 0.496 e. The molecule has 0 spiro atoms. The van der Waals surface area contributed by atoms with Gasteiger partial charge in [0.25, 0.3) is 0 Å². The maximum absolute atomic E-state index is 9.58. The Morgan fingerprint density at radius 2 is 2.00 bits per heavy atom. The predicted molar refractivity (Wildman–Crippen MR) is 67.9 cm³/mol. The van der Waals surface area contributed by atoms with E-state index in [0.717, 1.165) is 5.56 Å². The predicted octanol–water partition coefficient (Wildman–Crippen LogP) is 2.47. The molecule has 18 heavy (non-hydrogen) atoms. The average molecular weight is 273 g/mol. The van der Waals surface area contributed by atoms with Crippen LogP contribution in [0.15, 0.2) is 24.3 Å². The second-order valence-corrected chi connectivity index (χ2v) is 6.43. The molecule has 1 aliphatic heterocycles. The first-order valence-electron chi connectivity index (χ1n) is 5.66. The number of para-hydroxylation sites is 1. The van der Waals surface area contributed by atoms with Gasteiger partial charge in [-0.05, 0) is 6.07 Å². The van der Waals surface area contributed by atoms with E-state index < -0.39 is 14.3 Å². The van der Waals surface area contributed by atoms with Crippen LogP contribution in [0.1, 0.15) is 25.5 Å². The lowest BCUT2D eigenvalue weighted by molar-refractivity contribution is -0.0640. The molecule has 2 N–H and O–H groups in total. The van der Waals surface area contributed by atoms with Crippen LogP contribution in [0.25, 0.3) is 0 Å². The Morgan fingerprint density at radius 3 is 2.67 bits per heavy atom. The minimum atomic E-state index is -3.72. The van der Waals surface area contributed by atoms with Crippen LogP contribution in [-0.4, -0.2) is 23.5 Å². The fourth-order valence-electron chi connectivity index (χ4n) is 2.00. The first-order chi connectivity index (χ1) is 8.36. The van der Waals surface area contributed by atoms with Gasteiger partial charge in [0.1, 0.15) is 18.5 Å². The molecule has 0 bridgehead atoms. The molecule has 0 amide bonds. The summed E-state index contributed by atoms with van der Waals surface area (Å²) in [5.41, 5.74) is 0.421. The maximum atomic E-state index is 9.58. The minimum Gasteiger partial charge on any atom is -0.496 e. The van der Waals surface area contributed by atoms with Crippen molar-refractivity contribution < 1.29 is 23.6 Å². The van der Waals surface area contributed by atoms with Crippen molar-refractivity contribution >= 4 is 8.17 Å². The summed E-state index contributed by atoms with van der Waals surface area (Å²) in [5, 5.41) is 0. The number of hydrogen-bond donors (Lipinski definition) is 2. The number of methoxy groups -OCH3 is 1. The monoisotopic (exact) mass is 273 g/mol. The van der Waals surface area contributed by atoms with Gasteiger partial charge in [-0.3, -0.25) is 0 Å². The molecule has 1 atom stereocenters. The topological polar surface area (TPSA) is 68.2 Å². The molecule has 1 aliphatic rings. The molecule has 6 heteroatoms. The van der Waals surface area contributed by atoms with E-state index >= 15 is 0 Å². The first-order valence-corrected chi connectivity index (χ1v) is 7.19. The van der Waals surface area contributed by atoms with E-state index in [1.54, 1.807) is 7.11 Å². The lowest BCUT2D eigenvalue weighted by Crippen LogP contribution is -2.34. The van der Waals surface area contributed by atoms with Crippen LogP contribution in [-0.2, 0) is 9.05 Å². The van der Waals surface area contributed by atoms with Gasteiger partial charge in [-0.1, -0.05) is 32.0 Å². The molecule has 2 rings (SSSR count). The summed E-state index contributed by atoms with van der Waals surface area (Å²) in [7, 11) is -2.15. The lowest BCUT2D eigenvalue weighted by atomic mass is 9.83. The van der Waals surface area contributed by atoms with Gasteiger partial charge in [-0.25, -0.2) is 0 Å². The van der Waals surface area contributed by atoms with E-state index in [0.29, 0.717) is 5.75 Å². The van der Waals surface area contributed by atoms with Gasteiger partial charge in [0.2, 0.25) is 0 Å². The zero-order valence-electron chi connectivity index (χ0n) is 10.7. The van der Waals surface area contributed by atoms with Gasteiger partial charge in [-0.2, -0.15) is 14.3 Å². The quantitative estimate of drug-likeness (QED) is 0.810. The van der Waals surface area contributed by atoms with Gasteiger partial charge in [-0.15, -0.1) is 4.52 Å². The molecular weight excluding hydrogens is 255 g/mol. The molecule has 1 aromatic carbocycles. The Hall–Kier alpha value is -0.710. The van der Waals surface area contributed by atoms with Gasteiger partial charge >= 0.3 is 8.17 Å². The molecule has 0 saturated carbocycles. The zero-order valence-corrected chi connectivity index (χ0v) is 11.6. The van der Waals surface area contributed by atoms with E-state index in [2.05, 4.69) is 0 Å². The van der Waals surface area contributed by atoms with Gasteiger partial charge in [0, 0.05) is 11.0 Å².